The van der Waals surface area contributed by atoms with E-state index in [4.69, 9.17) is 14.2 Å². The van der Waals surface area contributed by atoms with Gasteiger partial charge in [0.05, 0.1) is 11.7 Å². The van der Waals surface area contributed by atoms with Crippen molar-refractivity contribution in [2.24, 2.45) is 5.92 Å². The minimum atomic E-state index is -1.13. The molecule has 1 aliphatic rings. The molecule has 2 rings (SSSR count). The second-order valence-corrected chi connectivity index (χ2v) is 8.61. The first kappa shape index (κ1) is 22.3. The fourth-order valence-electron chi connectivity index (χ4n) is 2.95. The largest absolute Gasteiger partial charge is 0.449 e. The van der Waals surface area contributed by atoms with E-state index in [1.54, 1.807) is 38.1 Å². The zero-order chi connectivity index (χ0) is 20.0. The Morgan fingerprint density at radius 3 is 2.56 bits per heavy atom. The number of hydrogen-bond acceptors (Lipinski definition) is 4. The molecule has 1 heterocycles. The summed E-state index contributed by atoms with van der Waals surface area (Å²) in [5.41, 5.74) is 0.378. The summed E-state index contributed by atoms with van der Waals surface area (Å²) in [4.78, 5) is 12.6. The van der Waals surface area contributed by atoms with E-state index in [0.29, 0.717) is 24.3 Å². The molecule has 1 fully saturated rings. The van der Waals surface area contributed by atoms with Gasteiger partial charge in [0.1, 0.15) is 11.9 Å². The van der Waals surface area contributed by atoms with Gasteiger partial charge in [-0.25, -0.2) is 9.18 Å². The molecule has 1 aromatic rings. The Morgan fingerprint density at radius 2 is 1.96 bits per heavy atom. The number of halogens is 2. The SMILES string of the molecule is CC(C)C/C=C(/F)C(OC(=O)c1ccccc1)[C@H]1OC(C)(C)O[C@H]1CCI. The molecule has 27 heavy (non-hydrogen) atoms. The molecule has 1 aromatic carbocycles. The van der Waals surface area contributed by atoms with Crippen molar-refractivity contribution in [1.82, 2.24) is 0 Å². The Balaban J connectivity index is 2.28. The van der Waals surface area contributed by atoms with Gasteiger partial charge >= 0.3 is 5.97 Å². The van der Waals surface area contributed by atoms with Crippen molar-refractivity contribution in [3.05, 3.63) is 47.8 Å². The fourth-order valence-corrected chi connectivity index (χ4v) is 3.57. The summed E-state index contributed by atoms with van der Waals surface area (Å²) >= 11 is 2.25. The molecule has 0 radical (unpaired) electrons. The van der Waals surface area contributed by atoms with Crippen molar-refractivity contribution in [3.63, 3.8) is 0 Å². The second-order valence-electron chi connectivity index (χ2n) is 7.53. The van der Waals surface area contributed by atoms with Crippen molar-refractivity contribution in [3.8, 4) is 0 Å². The Labute approximate surface area is 174 Å². The van der Waals surface area contributed by atoms with Crippen LogP contribution in [0.4, 0.5) is 4.39 Å². The van der Waals surface area contributed by atoms with E-state index >= 15 is 4.39 Å². The zero-order valence-corrected chi connectivity index (χ0v) is 18.4. The lowest BCUT2D eigenvalue weighted by atomic mass is 10.0. The molecule has 0 aromatic heterocycles. The van der Waals surface area contributed by atoms with Crippen LogP contribution in [0.2, 0.25) is 0 Å². The quantitative estimate of drug-likeness (QED) is 0.276. The number of carbonyl (C=O) groups is 1. The molecule has 150 valence electrons. The molecule has 0 saturated carbocycles. The van der Waals surface area contributed by atoms with Crippen molar-refractivity contribution in [2.75, 3.05) is 4.43 Å². The van der Waals surface area contributed by atoms with Crippen LogP contribution >= 0.6 is 22.6 Å². The van der Waals surface area contributed by atoms with Crippen LogP contribution in [0.15, 0.2) is 42.2 Å². The third kappa shape index (κ3) is 6.54. The highest BCUT2D eigenvalue weighted by Crippen LogP contribution is 2.35. The molecule has 0 aliphatic carbocycles. The number of alkyl halides is 1. The summed E-state index contributed by atoms with van der Waals surface area (Å²) in [6, 6.07) is 8.59. The summed E-state index contributed by atoms with van der Waals surface area (Å²) in [7, 11) is 0. The molecule has 0 spiro atoms. The maximum Gasteiger partial charge on any atom is 0.338 e. The summed E-state index contributed by atoms with van der Waals surface area (Å²) in [5, 5.41) is 0. The van der Waals surface area contributed by atoms with Crippen molar-refractivity contribution in [2.45, 2.75) is 64.6 Å². The van der Waals surface area contributed by atoms with Gasteiger partial charge in [0.2, 0.25) is 0 Å². The van der Waals surface area contributed by atoms with Gasteiger partial charge in [-0.05, 0) is 50.8 Å². The standard InChI is InChI=1S/C21H28FIO4/c1-14(2)10-11-16(22)18(25-20(24)15-8-6-5-7-9-15)19-17(12-13-23)26-21(3,4)27-19/h5-9,11,14,17-19H,10,12-13H2,1-4H3/b16-11+/t17-,18?,19-/m0/s1. The predicted molar refractivity (Wildman–Crippen MR) is 112 cm³/mol. The van der Waals surface area contributed by atoms with Gasteiger partial charge in [-0.15, -0.1) is 0 Å². The van der Waals surface area contributed by atoms with Gasteiger partial charge in [-0.3, -0.25) is 0 Å². The zero-order valence-electron chi connectivity index (χ0n) is 16.3. The second kappa shape index (κ2) is 9.98. The highest BCUT2D eigenvalue weighted by Gasteiger charge is 2.47. The van der Waals surface area contributed by atoms with E-state index in [0.717, 1.165) is 4.43 Å². The molecular weight excluding hydrogens is 462 g/mol. The Hall–Kier alpha value is -0.990. The Morgan fingerprint density at radius 1 is 1.30 bits per heavy atom. The first-order valence-electron chi connectivity index (χ1n) is 9.26. The highest BCUT2D eigenvalue weighted by molar-refractivity contribution is 14.1. The van der Waals surface area contributed by atoms with Crippen LogP contribution < -0.4 is 0 Å². The molecule has 4 nitrogen and oxygen atoms in total. The van der Waals surface area contributed by atoms with Crippen molar-refractivity contribution < 1.29 is 23.4 Å². The smallest absolute Gasteiger partial charge is 0.338 e. The molecule has 3 atom stereocenters. The minimum absolute atomic E-state index is 0.295. The van der Waals surface area contributed by atoms with Crippen LogP contribution in [-0.4, -0.2) is 34.5 Å². The summed E-state index contributed by atoms with van der Waals surface area (Å²) in [6.45, 7) is 7.59. The number of allylic oxidation sites excluding steroid dienone is 1. The molecule has 0 bridgehead atoms. The van der Waals surface area contributed by atoms with Gasteiger partial charge in [0.15, 0.2) is 11.9 Å². The van der Waals surface area contributed by atoms with Crippen LogP contribution in [0, 0.1) is 5.92 Å². The van der Waals surface area contributed by atoms with E-state index in [-0.39, 0.29) is 6.10 Å². The summed E-state index contributed by atoms with van der Waals surface area (Å²) in [6.07, 6.45) is 0.564. The van der Waals surface area contributed by atoms with Crippen LogP contribution in [0.3, 0.4) is 0 Å². The maximum absolute atomic E-state index is 15.1. The highest BCUT2D eigenvalue weighted by atomic mass is 127. The lowest BCUT2D eigenvalue weighted by Gasteiger charge is -2.25. The summed E-state index contributed by atoms with van der Waals surface area (Å²) in [5.74, 6) is -1.62. The van der Waals surface area contributed by atoms with E-state index in [2.05, 4.69) is 22.6 Å². The van der Waals surface area contributed by atoms with Gasteiger partial charge < -0.3 is 14.2 Å². The van der Waals surface area contributed by atoms with E-state index in [1.165, 1.54) is 6.08 Å². The van der Waals surface area contributed by atoms with Crippen molar-refractivity contribution >= 4 is 28.6 Å². The third-order valence-corrected chi connectivity index (χ3v) is 4.84. The number of carbonyl (C=O) groups excluding carboxylic acids is 1. The third-order valence-electron chi connectivity index (χ3n) is 4.21. The molecule has 1 unspecified atom stereocenters. The monoisotopic (exact) mass is 490 g/mol. The first-order chi connectivity index (χ1) is 12.7. The van der Waals surface area contributed by atoms with Gasteiger partial charge in [0.25, 0.3) is 0 Å². The molecular formula is C21H28FIO4. The summed E-state index contributed by atoms with van der Waals surface area (Å²) < 4.78 is 33.4. The van der Waals surface area contributed by atoms with Gasteiger partial charge in [-0.2, -0.15) is 0 Å². The number of hydrogen-bond donors (Lipinski definition) is 0. The van der Waals surface area contributed by atoms with E-state index in [9.17, 15) is 4.79 Å². The number of esters is 1. The number of rotatable bonds is 8. The van der Waals surface area contributed by atoms with Crippen molar-refractivity contribution in [1.29, 1.82) is 0 Å². The lowest BCUT2D eigenvalue weighted by Crippen LogP contribution is -2.39. The minimum Gasteiger partial charge on any atom is -0.449 e. The van der Waals surface area contributed by atoms with Crippen LogP contribution in [-0.2, 0) is 14.2 Å². The first-order valence-corrected chi connectivity index (χ1v) is 10.8. The molecule has 6 heteroatoms. The fraction of sp³-hybridized carbons (Fsp3) is 0.571. The van der Waals surface area contributed by atoms with Crippen LogP contribution in [0.25, 0.3) is 0 Å². The predicted octanol–water partition coefficient (Wildman–Crippen LogP) is 5.46. The Bertz CT molecular complexity index is 645. The average molecular weight is 490 g/mol. The molecule has 0 amide bonds. The van der Waals surface area contributed by atoms with Gasteiger partial charge in [0, 0.05) is 4.43 Å². The Kier molecular flexibility index (Phi) is 8.24. The number of benzene rings is 1. The lowest BCUT2D eigenvalue weighted by molar-refractivity contribution is -0.154. The van der Waals surface area contributed by atoms with E-state index < -0.39 is 29.8 Å². The maximum atomic E-state index is 15.1. The average Bonchev–Trinajstić information content (AvgIpc) is 2.92. The molecule has 1 saturated heterocycles. The topological polar surface area (TPSA) is 44.8 Å². The van der Waals surface area contributed by atoms with Crippen LogP contribution in [0.1, 0.15) is 50.9 Å². The van der Waals surface area contributed by atoms with Gasteiger partial charge in [-0.1, -0.05) is 54.6 Å². The van der Waals surface area contributed by atoms with Crippen LogP contribution in [0.5, 0.6) is 0 Å². The normalized spacial score (nSPS) is 23.4. The number of ether oxygens (including phenoxy) is 3. The molecule has 0 N–H and O–H groups in total. The van der Waals surface area contributed by atoms with E-state index in [1.807, 2.05) is 19.9 Å². The molecule has 1 aliphatic heterocycles.